The fourth-order valence-corrected chi connectivity index (χ4v) is 3.44. The second kappa shape index (κ2) is 4.86. The molecule has 0 aromatic carbocycles. The zero-order valence-corrected chi connectivity index (χ0v) is 10.6. The van der Waals surface area contributed by atoms with Crippen LogP contribution in [0.1, 0.15) is 52.9 Å². The smallest absolute Gasteiger partial charge is 0.00727 e. The van der Waals surface area contributed by atoms with E-state index in [-0.39, 0.29) is 0 Å². The fraction of sp³-hybridized carbons (Fsp3) is 0.929. The Balaban J connectivity index is 1.87. The van der Waals surface area contributed by atoms with Gasteiger partial charge in [-0.1, -0.05) is 51.4 Å². The van der Waals surface area contributed by atoms with E-state index in [1.165, 1.54) is 38.6 Å². The van der Waals surface area contributed by atoms with Crippen LogP contribution in [-0.4, -0.2) is 12.6 Å². The highest BCUT2D eigenvalue weighted by Gasteiger charge is 2.25. The summed E-state index contributed by atoms with van der Waals surface area (Å²) in [5, 5.41) is 3.77. The van der Waals surface area contributed by atoms with Crippen molar-refractivity contribution in [1.29, 1.82) is 0 Å². The van der Waals surface area contributed by atoms with E-state index in [1.807, 2.05) is 0 Å². The first-order chi connectivity index (χ1) is 7.16. The lowest BCUT2D eigenvalue weighted by atomic mass is 9.73. The minimum absolute atomic E-state index is 0.744. The molecule has 1 heteroatoms. The van der Waals surface area contributed by atoms with E-state index in [0.29, 0.717) is 0 Å². The van der Waals surface area contributed by atoms with Crippen LogP contribution in [0.15, 0.2) is 0 Å². The number of piperidine rings is 1. The molecule has 2 fully saturated rings. The zero-order chi connectivity index (χ0) is 10.8. The maximum Gasteiger partial charge on any atom is -0.00727 e. The molecule has 1 saturated heterocycles. The Morgan fingerprint density at radius 2 is 1.67 bits per heavy atom. The minimum Gasteiger partial charge on any atom is -0.343 e. The minimum atomic E-state index is 0.744. The first-order valence-electron chi connectivity index (χ1n) is 6.72. The van der Waals surface area contributed by atoms with Crippen LogP contribution < -0.4 is 5.32 Å². The van der Waals surface area contributed by atoms with Gasteiger partial charge in [-0.25, -0.2) is 0 Å². The van der Waals surface area contributed by atoms with Crippen LogP contribution in [0, 0.1) is 23.7 Å². The lowest BCUT2D eigenvalue weighted by molar-refractivity contribution is 0.206. The Morgan fingerprint density at radius 3 is 2.27 bits per heavy atom. The van der Waals surface area contributed by atoms with Gasteiger partial charge in [0.05, 0.1) is 0 Å². The molecule has 1 heterocycles. The van der Waals surface area contributed by atoms with Crippen LogP contribution >= 0.6 is 0 Å². The van der Waals surface area contributed by atoms with Crippen molar-refractivity contribution < 1.29 is 0 Å². The van der Waals surface area contributed by atoms with Gasteiger partial charge in [-0.05, 0) is 12.5 Å². The Kier molecular flexibility index (Phi) is 3.71. The summed E-state index contributed by atoms with van der Waals surface area (Å²) < 4.78 is 0. The zero-order valence-electron chi connectivity index (χ0n) is 10.6. The van der Waals surface area contributed by atoms with Gasteiger partial charge in [0.1, 0.15) is 0 Å². The maximum atomic E-state index is 3.77. The third-order valence-electron chi connectivity index (χ3n) is 4.42. The normalized spacial score (nSPS) is 44.2. The number of hydrogen-bond donors (Lipinski definition) is 1. The summed E-state index contributed by atoms with van der Waals surface area (Å²) in [6.45, 7) is 8.36. The number of hydrogen-bond acceptors (Lipinski definition) is 1. The Labute approximate surface area is 95.0 Å². The highest BCUT2D eigenvalue weighted by atomic mass is 14.9. The predicted molar refractivity (Wildman–Crippen MR) is 65.6 cm³/mol. The highest BCUT2D eigenvalue weighted by molar-refractivity contribution is 5.05. The van der Waals surface area contributed by atoms with E-state index >= 15 is 0 Å². The average Bonchev–Trinajstić information content (AvgIpc) is 2.20. The van der Waals surface area contributed by atoms with E-state index in [0.717, 1.165) is 23.8 Å². The molecule has 1 aliphatic carbocycles. The quantitative estimate of drug-likeness (QED) is 0.651. The van der Waals surface area contributed by atoms with Crippen LogP contribution in [0.3, 0.4) is 0 Å². The van der Waals surface area contributed by atoms with Crippen LogP contribution in [0.4, 0.5) is 0 Å². The predicted octanol–water partition coefficient (Wildman–Crippen LogP) is 3.41. The third kappa shape index (κ3) is 2.75. The fourth-order valence-electron chi connectivity index (χ4n) is 3.44. The van der Waals surface area contributed by atoms with Crippen LogP contribution in [0.5, 0.6) is 0 Å². The molecule has 15 heavy (non-hydrogen) atoms. The largest absolute Gasteiger partial charge is 0.343 e. The number of nitrogens with one attached hydrogen (secondary N) is 1. The molecule has 1 aliphatic heterocycles. The van der Waals surface area contributed by atoms with Crippen molar-refractivity contribution in [1.82, 2.24) is 5.32 Å². The van der Waals surface area contributed by atoms with Gasteiger partial charge >= 0.3 is 0 Å². The van der Waals surface area contributed by atoms with Gasteiger partial charge in [0.15, 0.2) is 0 Å². The van der Waals surface area contributed by atoms with Crippen LogP contribution in [-0.2, 0) is 0 Å². The standard InChI is InChI=1S/C14H26N/c1-10-4-6-13(7-5-10)14-12(3)8-11(2)9-15-14/h10-11,13-15H,4-9H2,1-3H3/q-1/t10?,11-,13?,14?/m0/s1. The summed E-state index contributed by atoms with van der Waals surface area (Å²) in [6.07, 6.45) is 7.15. The summed E-state index contributed by atoms with van der Waals surface area (Å²) in [5.74, 6) is 4.48. The molecule has 0 radical (unpaired) electrons. The van der Waals surface area contributed by atoms with Crippen molar-refractivity contribution in [3.05, 3.63) is 5.92 Å². The van der Waals surface area contributed by atoms with E-state index < -0.39 is 0 Å². The molecule has 0 bridgehead atoms. The lowest BCUT2D eigenvalue weighted by Gasteiger charge is -2.50. The van der Waals surface area contributed by atoms with Crippen molar-refractivity contribution in [2.75, 3.05) is 6.54 Å². The molecular weight excluding hydrogens is 182 g/mol. The van der Waals surface area contributed by atoms with Gasteiger partial charge in [0.2, 0.25) is 0 Å². The molecule has 2 atom stereocenters. The van der Waals surface area contributed by atoms with Gasteiger partial charge in [-0.2, -0.15) is 13.3 Å². The van der Waals surface area contributed by atoms with E-state index in [9.17, 15) is 0 Å². The summed E-state index contributed by atoms with van der Waals surface area (Å²) >= 11 is 0. The van der Waals surface area contributed by atoms with Crippen molar-refractivity contribution in [2.45, 2.75) is 58.9 Å². The van der Waals surface area contributed by atoms with Crippen molar-refractivity contribution in [2.24, 2.45) is 17.8 Å². The summed E-state index contributed by atoms with van der Waals surface area (Å²) in [5.41, 5.74) is 0. The van der Waals surface area contributed by atoms with Crippen LogP contribution in [0.2, 0.25) is 0 Å². The molecule has 0 spiro atoms. The lowest BCUT2D eigenvalue weighted by Crippen LogP contribution is -2.47. The molecule has 0 amide bonds. The molecule has 2 aliphatic rings. The summed E-state index contributed by atoms with van der Waals surface area (Å²) in [4.78, 5) is 0. The molecule has 1 N–H and O–H groups in total. The Hall–Kier alpha value is -0.0400. The Morgan fingerprint density at radius 1 is 1.00 bits per heavy atom. The first kappa shape index (κ1) is 11.4. The number of rotatable bonds is 1. The molecule has 0 aromatic rings. The van der Waals surface area contributed by atoms with Gasteiger partial charge in [0, 0.05) is 0 Å². The molecule has 1 unspecified atom stereocenters. The maximum absolute atomic E-state index is 3.77. The third-order valence-corrected chi connectivity index (χ3v) is 4.42. The van der Waals surface area contributed by atoms with Gasteiger partial charge in [-0.3, -0.25) is 5.92 Å². The van der Waals surface area contributed by atoms with Gasteiger partial charge in [-0.15, -0.1) is 6.04 Å². The summed E-state index contributed by atoms with van der Waals surface area (Å²) in [7, 11) is 0. The first-order valence-corrected chi connectivity index (χ1v) is 6.72. The van der Waals surface area contributed by atoms with E-state index in [1.54, 1.807) is 5.92 Å². The Bertz CT molecular complexity index is 194. The van der Waals surface area contributed by atoms with Crippen LogP contribution in [0.25, 0.3) is 0 Å². The SMILES string of the molecule is C[C-]1C[C@H](C)CNC1C1CCC(C)CC1. The highest BCUT2D eigenvalue weighted by Crippen LogP contribution is 2.36. The van der Waals surface area contributed by atoms with Gasteiger partial charge < -0.3 is 5.32 Å². The molecule has 1 saturated carbocycles. The molecule has 1 nitrogen and oxygen atoms in total. The average molecular weight is 208 g/mol. The molecule has 2 rings (SSSR count). The molecule has 88 valence electrons. The van der Waals surface area contributed by atoms with E-state index in [2.05, 4.69) is 26.1 Å². The molecule has 0 aromatic heterocycles. The topological polar surface area (TPSA) is 12.0 Å². The summed E-state index contributed by atoms with van der Waals surface area (Å²) in [6, 6.07) is 0.744. The van der Waals surface area contributed by atoms with Crippen molar-refractivity contribution >= 4 is 0 Å². The van der Waals surface area contributed by atoms with E-state index in [4.69, 9.17) is 0 Å². The molecular formula is C14H26N-. The van der Waals surface area contributed by atoms with Gasteiger partial charge in [0.25, 0.3) is 0 Å². The second-order valence-electron chi connectivity index (χ2n) is 6.06. The van der Waals surface area contributed by atoms with Crippen molar-refractivity contribution in [3.63, 3.8) is 0 Å². The van der Waals surface area contributed by atoms with Crippen molar-refractivity contribution in [3.8, 4) is 0 Å². The monoisotopic (exact) mass is 208 g/mol. The second-order valence-corrected chi connectivity index (χ2v) is 6.06.